The molecule has 8 nitrogen and oxygen atoms in total. The number of aromatic carboxylic acids is 1. The van der Waals surface area contributed by atoms with Crippen LogP contribution in [0.15, 0.2) is 77.8 Å². The van der Waals surface area contributed by atoms with Crippen molar-refractivity contribution in [3.63, 3.8) is 0 Å². The van der Waals surface area contributed by atoms with Crippen LogP contribution in [0.2, 0.25) is 0 Å². The molecule has 0 spiro atoms. The van der Waals surface area contributed by atoms with E-state index in [0.717, 1.165) is 41.6 Å². The van der Waals surface area contributed by atoms with Crippen molar-refractivity contribution in [2.45, 2.75) is 20.4 Å². The number of aryl methyl sites for hydroxylation is 2. The number of carboxylic acid groups (broad SMARTS) is 1. The second kappa shape index (κ2) is 12.2. The van der Waals surface area contributed by atoms with E-state index in [9.17, 15) is 14.7 Å². The lowest BCUT2D eigenvalue weighted by molar-refractivity contribution is -0.117. The maximum absolute atomic E-state index is 12.6. The van der Waals surface area contributed by atoms with Gasteiger partial charge in [0.1, 0.15) is 0 Å². The summed E-state index contributed by atoms with van der Waals surface area (Å²) < 4.78 is 0. The van der Waals surface area contributed by atoms with Gasteiger partial charge in [0.05, 0.1) is 18.7 Å². The molecule has 0 radical (unpaired) electrons. The van der Waals surface area contributed by atoms with Gasteiger partial charge in [-0.3, -0.25) is 9.69 Å². The highest BCUT2D eigenvalue weighted by atomic mass is 16.4. The third-order valence-corrected chi connectivity index (χ3v) is 6.26. The number of piperazine rings is 1. The first-order chi connectivity index (χ1) is 17.9. The van der Waals surface area contributed by atoms with Gasteiger partial charge in [-0.05, 0) is 61.4 Å². The third-order valence-electron chi connectivity index (χ3n) is 6.26. The van der Waals surface area contributed by atoms with Crippen molar-refractivity contribution in [1.29, 1.82) is 0 Å². The predicted octanol–water partition coefficient (Wildman–Crippen LogP) is 4.23. The van der Waals surface area contributed by atoms with E-state index in [1.807, 2.05) is 31.2 Å². The number of hydrogen-bond acceptors (Lipinski definition) is 4. The Hall–Kier alpha value is -4.17. The lowest BCUT2D eigenvalue weighted by atomic mass is 10.1. The number of anilines is 2. The zero-order chi connectivity index (χ0) is 26.2. The van der Waals surface area contributed by atoms with Crippen LogP contribution in [0.3, 0.4) is 0 Å². The topological polar surface area (TPSA) is 97.3 Å². The number of hydrogen-bond donors (Lipinski definition) is 3. The highest BCUT2D eigenvalue weighted by Crippen LogP contribution is 2.14. The summed E-state index contributed by atoms with van der Waals surface area (Å²) in [5.74, 6) is -0.251. The summed E-state index contributed by atoms with van der Waals surface area (Å²) in [6.45, 7) is 7.80. The number of rotatable bonds is 7. The first kappa shape index (κ1) is 25.9. The molecule has 1 fully saturated rings. The summed E-state index contributed by atoms with van der Waals surface area (Å²) in [5.41, 5.74) is 5.24. The van der Waals surface area contributed by atoms with E-state index in [1.54, 1.807) is 24.3 Å². The molecule has 0 atom stereocenters. The van der Waals surface area contributed by atoms with Crippen LogP contribution in [0.1, 0.15) is 27.0 Å². The second-order valence-corrected chi connectivity index (χ2v) is 9.31. The average molecular weight is 500 g/mol. The largest absolute Gasteiger partial charge is 0.478 e. The fraction of sp³-hybridized carbons (Fsp3) is 0.276. The van der Waals surface area contributed by atoms with Gasteiger partial charge in [0, 0.05) is 37.6 Å². The van der Waals surface area contributed by atoms with Crippen LogP contribution in [-0.2, 0) is 11.3 Å². The van der Waals surface area contributed by atoms with Crippen molar-refractivity contribution in [1.82, 2.24) is 9.80 Å². The normalized spacial score (nSPS) is 14.3. The molecule has 4 rings (SSSR count). The maximum atomic E-state index is 12.6. The van der Waals surface area contributed by atoms with Crippen molar-refractivity contribution in [3.05, 3.63) is 95.1 Å². The monoisotopic (exact) mass is 499 g/mol. The Morgan fingerprint density at radius 3 is 2.19 bits per heavy atom. The van der Waals surface area contributed by atoms with Gasteiger partial charge < -0.3 is 20.6 Å². The van der Waals surface area contributed by atoms with E-state index >= 15 is 0 Å². The van der Waals surface area contributed by atoms with Gasteiger partial charge in [0.2, 0.25) is 5.91 Å². The number of carboxylic acids is 1. The lowest BCUT2D eigenvalue weighted by Gasteiger charge is -2.36. The Balaban J connectivity index is 1.39. The highest BCUT2D eigenvalue weighted by Gasteiger charge is 2.22. The van der Waals surface area contributed by atoms with Gasteiger partial charge in [-0.25, -0.2) is 9.79 Å². The fourth-order valence-electron chi connectivity index (χ4n) is 4.15. The molecule has 3 aromatic carbocycles. The minimum atomic E-state index is -0.956. The highest BCUT2D eigenvalue weighted by molar-refractivity contribution is 5.95. The average Bonchev–Trinajstić information content (AvgIpc) is 2.88. The van der Waals surface area contributed by atoms with E-state index in [1.165, 1.54) is 5.56 Å². The zero-order valence-corrected chi connectivity index (χ0v) is 21.3. The van der Waals surface area contributed by atoms with Gasteiger partial charge in [-0.2, -0.15) is 0 Å². The first-order valence-corrected chi connectivity index (χ1v) is 12.4. The third kappa shape index (κ3) is 7.65. The standard InChI is InChI=1S/C29H33N5O3/c1-21-6-8-23(9-7-21)19-30-29(32-25-12-10-24(11-13-25)28(36)37)34-16-14-33(15-17-34)20-27(35)31-26-5-3-4-22(2)18-26/h3-13,18H,14-17,19-20H2,1-2H3,(H,30,32)(H,31,35)(H,36,37). The molecule has 1 heterocycles. The lowest BCUT2D eigenvalue weighted by Crippen LogP contribution is -2.52. The van der Waals surface area contributed by atoms with Gasteiger partial charge in [-0.1, -0.05) is 42.0 Å². The van der Waals surface area contributed by atoms with Gasteiger partial charge in [0.15, 0.2) is 5.96 Å². The van der Waals surface area contributed by atoms with Crippen LogP contribution < -0.4 is 10.6 Å². The van der Waals surface area contributed by atoms with Gasteiger partial charge >= 0.3 is 5.97 Å². The van der Waals surface area contributed by atoms with E-state index in [4.69, 9.17) is 4.99 Å². The van der Waals surface area contributed by atoms with Crippen LogP contribution >= 0.6 is 0 Å². The molecule has 1 saturated heterocycles. The molecule has 0 saturated carbocycles. The molecule has 0 aromatic heterocycles. The molecule has 37 heavy (non-hydrogen) atoms. The van der Waals surface area contributed by atoms with Crippen LogP contribution in [-0.4, -0.2) is 65.5 Å². The Bertz CT molecular complexity index is 1250. The SMILES string of the molecule is Cc1ccc(CN=C(Nc2ccc(C(=O)O)cc2)N2CCN(CC(=O)Nc3cccc(C)c3)CC2)cc1. The van der Waals surface area contributed by atoms with E-state index in [0.29, 0.717) is 26.2 Å². The van der Waals surface area contributed by atoms with E-state index in [-0.39, 0.29) is 11.5 Å². The Kier molecular flexibility index (Phi) is 8.53. The Morgan fingerprint density at radius 1 is 0.838 bits per heavy atom. The number of aliphatic imine (C=N–C) groups is 1. The predicted molar refractivity (Wildman–Crippen MR) is 147 cm³/mol. The molecule has 3 N–H and O–H groups in total. The van der Waals surface area contributed by atoms with E-state index in [2.05, 4.69) is 51.6 Å². The summed E-state index contributed by atoms with van der Waals surface area (Å²) in [4.78, 5) is 32.9. The minimum absolute atomic E-state index is 0.0241. The molecule has 1 amide bonds. The number of carbonyl (C=O) groups excluding carboxylic acids is 1. The minimum Gasteiger partial charge on any atom is -0.478 e. The first-order valence-electron chi connectivity index (χ1n) is 12.4. The van der Waals surface area contributed by atoms with Crippen LogP contribution in [0, 0.1) is 13.8 Å². The fourth-order valence-corrected chi connectivity index (χ4v) is 4.15. The molecular weight excluding hydrogens is 466 g/mol. The Labute approximate surface area is 217 Å². The molecule has 0 unspecified atom stereocenters. The molecule has 8 heteroatoms. The van der Waals surface area contributed by atoms with Crippen molar-refractivity contribution < 1.29 is 14.7 Å². The number of amides is 1. The van der Waals surface area contributed by atoms with Gasteiger partial charge in [-0.15, -0.1) is 0 Å². The van der Waals surface area contributed by atoms with Crippen LogP contribution in [0.5, 0.6) is 0 Å². The smallest absolute Gasteiger partial charge is 0.335 e. The molecule has 1 aliphatic rings. The number of nitrogens with one attached hydrogen (secondary N) is 2. The zero-order valence-electron chi connectivity index (χ0n) is 21.3. The molecule has 1 aliphatic heterocycles. The number of carbonyl (C=O) groups is 2. The molecule has 0 bridgehead atoms. The molecule has 3 aromatic rings. The van der Waals surface area contributed by atoms with Crippen LogP contribution in [0.4, 0.5) is 11.4 Å². The molecule has 0 aliphatic carbocycles. The van der Waals surface area contributed by atoms with Crippen molar-refractivity contribution in [2.75, 3.05) is 43.4 Å². The summed E-state index contributed by atoms with van der Waals surface area (Å²) in [5, 5.41) is 15.5. The van der Waals surface area contributed by atoms with Gasteiger partial charge in [0.25, 0.3) is 0 Å². The number of nitrogens with zero attached hydrogens (tertiary/aromatic N) is 3. The van der Waals surface area contributed by atoms with Crippen molar-refractivity contribution >= 4 is 29.2 Å². The summed E-state index contributed by atoms with van der Waals surface area (Å²) in [6, 6.07) is 22.7. The van der Waals surface area contributed by atoms with Crippen LogP contribution in [0.25, 0.3) is 0 Å². The van der Waals surface area contributed by atoms with E-state index < -0.39 is 5.97 Å². The molecule has 192 valence electrons. The Morgan fingerprint density at radius 2 is 1.54 bits per heavy atom. The quantitative estimate of drug-likeness (QED) is 0.333. The summed E-state index contributed by atoms with van der Waals surface area (Å²) in [6.07, 6.45) is 0. The molecular formula is C29H33N5O3. The number of benzene rings is 3. The summed E-state index contributed by atoms with van der Waals surface area (Å²) in [7, 11) is 0. The summed E-state index contributed by atoms with van der Waals surface area (Å²) >= 11 is 0. The maximum Gasteiger partial charge on any atom is 0.335 e. The van der Waals surface area contributed by atoms with Crippen molar-refractivity contribution in [3.8, 4) is 0 Å². The second-order valence-electron chi connectivity index (χ2n) is 9.31. The van der Waals surface area contributed by atoms with Crippen molar-refractivity contribution in [2.24, 2.45) is 4.99 Å². The number of guanidine groups is 1.